The number of Topliss-reactive ketones (excluding diaryl/α,β-unsaturated/α-hetero) is 2. The molecular weight excluding hydrogens is 575 g/mol. The van der Waals surface area contributed by atoms with Gasteiger partial charge in [-0.1, -0.05) is 75.6 Å². The van der Waals surface area contributed by atoms with E-state index in [9.17, 15) is 9.59 Å². The fourth-order valence-electron chi connectivity index (χ4n) is 5.10. The summed E-state index contributed by atoms with van der Waals surface area (Å²) in [6.07, 6.45) is 9.71. The molecule has 5 rings (SSSR count). The van der Waals surface area contributed by atoms with Crippen LogP contribution in [0.25, 0.3) is 22.6 Å². The summed E-state index contributed by atoms with van der Waals surface area (Å²) in [5.41, 5.74) is 0.945. The molecule has 2 aliphatic rings. The van der Waals surface area contributed by atoms with Crippen molar-refractivity contribution in [1.29, 1.82) is 0 Å². The van der Waals surface area contributed by atoms with Crippen LogP contribution in [0.1, 0.15) is 36.9 Å². The molecule has 0 N–H and O–H groups in total. The van der Waals surface area contributed by atoms with Crippen molar-refractivity contribution in [1.82, 2.24) is 9.88 Å². The highest BCUT2D eigenvalue weighted by Gasteiger charge is 2.46. The van der Waals surface area contributed by atoms with Crippen LogP contribution in [0.4, 0.5) is 0 Å². The Kier molecular flexibility index (Phi) is 7.55. The Hall–Kier alpha value is -2.51. The summed E-state index contributed by atoms with van der Waals surface area (Å²) in [5, 5.41) is 0.922. The number of carbonyl (C=O) groups is 2. The maximum absolute atomic E-state index is 14.2. The Morgan fingerprint density at radius 1 is 1.08 bits per heavy atom. The van der Waals surface area contributed by atoms with Gasteiger partial charge < -0.3 is 4.42 Å². The predicted molar refractivity (Wildman–Crippen MR) is 150 cm³/mol. The average Bonchev–Trinajstić information content (AvgIpc) is 3.34. The van der Waals surface area contributed by atoms with E-state index in [1.807, 2.05) is 48.6 Å². The molecule has 2 aromatic carbocycles. The molecule has 1 unspecified atom stereocenters. The lowest BCUT2D eigenvalue weighted by Crippen LogP contribution is -2.56. The van der Waals surface area contributed by atoms with E-state index in [4.69, 9.17) is 32.6 Å². The number of hydrogen-bond acceptors (Lipinski definition) is 5. The number of carbonyl (C=O) groups excluding carboxylic acids is 2. The molecule has 190 valence electrons. The van der Waals surface area contributed by atoms with Gasteiger partial charge in [-0.2, -0.15) is 0 Å². The van der Waals surface area contributed by atoms with E-state index in [0.717, 1.165) is 22.9 Å². The lowest BCUT2D eigenvalue weighted by Gasteiger charge is -2.43. The first-order valence-electron chi connectivity index (χ1n) is 12.2. The Bertz CT molecular complexity index is 1410. The van der Waals surface area contributed by atoms with Gasteiger partial charge in [0.2, 0.25) is 5.78 Å². The minimum Gasteiger partial charge on any atom is -0.433 e. The molecule has 1 aliphatic heterocycles. The molecule has 1 saturated heterocycles. The normalized spacial score (nSPS) is 20.3. The summed E-state index contributed by atoms with van der Waals surface area (Å²) in [5.74, 6) is 0.504. The summed E-state index contributed by atoms with van der Waals surface area (Å²) in [4.78, 5) is 33.1. The van der Waals surface area contributed by atoms with Gasteiger partial charge in [0, 0.05) is 39.6 Å². The highest BCUT2D eigenvalue weighted by molar-refractivity contribution is 9.10. The lowest BCUT2D eigenvalue weighted by molar-refractivity contribution is -0.122. The molecule has 0 saturated carbocycles. The van der Waals surface area contributed by atoms with Gasteiger partial charge in [-0.05, 0) is 56.5 Å². The van der Waals surface area contributed by atoms with Crippen LogP contribution in [0.2, 0.25) is 10.0 Å². The van der Waals surface area contributed by atoms with Gasteiger partial charge >= 0.3 is 0 Å². The number of oxazole rings is 1. The summed E-state index contributed by atoms with van der Waals surface area (Å²) < 4.78 is 7.19. The lowest BCUT2D eigenvalue weighted by atomic mass is 9.81. The molecule has 1 atom stereocenters. The number of halogens is 3. The van der Waals surface area contributed by atoms with Crippen LogP contribution >= 0.6 is 39.1 Å². The van der Waals surface area contributed by atoms with E-state index in [0.29, 0.717) is 46.6 Å². The number of ketones is 2. The van der Waals surface area contributed by atoms with Crippen LogP contribution in [0.15, 0.2) is 75.7 Å². The zero-order valence-corrected chi connectivity index (χ0v) is 23.3. The van der Waals surface area contributed by atoms with Gasteiger partial charge in [-0.25, -0.2) is 4.98 Å². The van der Waals surface area contributed by atoms with Gasteiger partial charge in [0.1, 0.15) is 17.0 Å². The van der Waals surface area contributed by atoms with Gasteiger partial charge in [0.05, 0.1) is 5.02 Å². The summed E-state index contributed by atoms with van der Waals surface area (Å²) in [6, 6.07) is 12.8. The Labute approximate surface area is 234 Å². The van der Waals surface area contributed by atoms with Crippen molar-refractivity contribution >= 4 is 50.7 Å². The number of nitrogens with zero attached hydrogens (tertiary/aromatic N) is 2. The number of benzene rings is 2. The molecule has 8 heteroatoms. The van der Waals surface area contributed by atoms with E-state index in [1.165, 1.54) is 0 Å². The molecule has 0 radical (unpaired) electrons. The standard InChI is InChI=1S/C29H25BrCl2N2O3/c1-18(35)19-11-15-34(16-12-19)29(13-3-2-4-14-29)27(36)28-33-25(23-10-9-22(31)17-24(23)32)26(37-28)20-5-7-21(30)8-6-20/h2-10,13,17,19H,11-12,14-16H2,1H3. The zero-order valence-electron chi connectivity index (χ0n) is 20.2. The maximum atomic E-state index is 14.2. The van der Waals surface area contributed by atoms with Gasteiger partial charge in [-0.3, -0.25) is 14.5 Å². The molecule has 1 fully saturated rings. The third-order valence-electron chi connectivity index (χ3n) is 7.19. The quantitative estimate of drug-likeness (QED) is 0.270. The first kappa shape index (κ1) is 26.1. The zero-order chi connectivity index (χ0) is 26.2. The van der Waals surface area contributed by atoms with E-state index < -0.39 is 5.54 Å². The van der Waals surface area contributed by atoms with Crippen molar-refractivity contribution in [3.63, 3.8) is 0 Å². The van der Waals surface area contributed by atoms with E-state index in [2.05, 4.69) is 20.8 Å². The summed E-state index contributed by atoms with van der Waals surface area (Å²) in [6.45, 7) is 2.93. The molecule has 3 aromatic rings. The Morgan fingerprint density at radius 3 is 2.43 bits per heavy atom. The molecular formula is C29H25BrCl2N2O3. The second kappa shape index (κ2) is 10.7. The van der Waals surface area contributed by atoms with Crippen LogP contribution < -0.4 is 0 Å². The second-order valence-electron chi connectivity index (χ2n) is 9.44. The van der Waals surface area contributed by atoms with Crippen LogP contribution in [-0.2, 0) is 4.79 Å². The minimum absolute atomic E-state index is 0.0209. The Morgan fingerprint density at radius 2 is 1.81 bits per heavy atom. The molecule has 0 spiro atoms. The number of aromatic nitrogens is 1. The van der Waals surface area contributed by atoms with Crippen LogP contribution in [0.5, 0.6) is 0 Å². The van der Waals surface area contributed by atoms with Crippen molar-refractivity contribution in [2.75, 3.05) is 13.1 Å². The Balaban J connectivity index is 1.59. The fraction of sp³-hybridized carbons (Fsp3) is 0.276. The largest absolute Gasteiger partial charge is 0.433 e. The summed E-state index contributed by atoms with van der Waals surface area (Å²) >= 11 is 16.2. The average molecular weight is 600 g/mol. The molecule has 37 heavy (non-hydrogen) atoms. The van der Waals surface area contributed by atoms with Crippen LogP contribution in [0.3, 0.4) is 0 Å². The number of likely N-dealkylation sites (tertiary alicyclic amines) is 1. The van der Waals surface area contributed by atoms with Gasteiger partial charge in [-0.15, -0.1) is 0 Å². The third kappa shape index (κ3) is 5.13. The van der Waals surface area contributed by atoms with Gasteiger partial charge in [0.15, 0.2) is 5.76 Å². The predicted octanol–water partition coefficient (Wildman–Crippen LogP) is 7.82. The topological polar surface area (TPSA) is 63.4 Å². The smallest absolute Gasteiger partial charge is 0.266 e. The monoisotopic (exact) mass is 598 g/mol. The third-order valence-corrected chi connectivity index (χ3v) is 8.27. The number of allylic oxidation sites excluding steroid dienone is 2. The second-order valence-corrected chi connectivity index (χ2v) is 11.2. The molecule has 1 aliphatic carbocycles. The molecule has 0 bridgehead atoms. The summed E-state index contributed by atoms with van der Waals surface area (Å²) in [7, 11) is 0. The van der Waals surface area contributed by atoms with Crippen molar-refractivity contribution < 1.29 is 14.0 Å². The van der Waals surface area contributed by atoms with Crippen molar-refractivity contribution in [3.8, 4) is 22.6 Å². The molecule has 1 aromatic heterocycles. The van der Waals surface area contributed by atoms with Crippen LogP contribution in [0, 0.1) is 5.92 Å². The van der Waals surface area contributed by atoms with Crippen LogP contribution in [-0.4, -0.2) is 40.1 Å². The van der Waals surface area contributed by atoms with E-state index in [-0.39, 0.29) is 23.4 Å². The SMILES string of the molecule is CC(=O)C1CCN(C2(C(=O)c3nc(-c4ccc(Cl)cc4Cl)c(-c4ccc(Br)cc4)o3)C=CC=CC2)CC1. The molecule has 5 nitrogen and oxygen atoms in total. The molecule has 0 amide bonds. The van der Waals surface area contributed by atoms with Crippen molar-refractivity contribution in [2.24, 2.45) is 5.92 Å². The minimum atomic E-state index is -0.931. The molecule has 2 heterocycles. The first-order chi connectivity index (χ1) is 17.8. The first-order valence-corrected chi connectivity index (χ1v) is 13.7. The fourth-order valence-corrected chi connectivity index (χ4v) is 5.87. The number of rotatable bonds is 6. The highest BCUT2D eigenvalue weighted by atomic mass is 79.9. The maximum Gasteiger partial charge on any atom is 0.266 e. The van der Waals surface area contributed by atoms with Crippen molar-refractivity contribution in [2.45, 2.75) is 31.7 Å². The highest BCUT2D eigenvalue weighted by Crippen LogP contribution is 2.40. The van der Waals surface area contributed by atoms with Crippen molar-refractivity contribution in [3.05, 3.63) is 87.2 Å². The van der Waals surface area contributed by atoms with E-state index in [1.54, 1.807) is 25.1 Å². The number of hydrogen-bond donors (Lipinski definition) is 0. The number of piperidine rings is 1. The van der Waals surface area contributed by atoms with E-state index >= 15 is 0 Å². The van der Waals surface area contributed by atoms with Gasteiger partial charge in [0.25, 0.3) is 5.89 Å².